The molecule has 2 saturated heterocycles. The number of thioether (sulfide) groups is 1. The molecule has 2 fully saturated rings. The molecular weight excluding hydrogens is 616 g/mol. The van der Waals surface area contributed by atoms with Crippen LogP contribution in [0, 0.1) is 5.92 Å². The van der Waals surface area contributed by atoms with Crippen molar-refractivity contribution in [3.8, 4) is 11.1 Å². The molecular formula is C32H35F6N5OS. The van der Waals surface area contributed by atoms with Gasteiger partial charge >= 0.3 is 12.4 Å². The minimum atomic E-state index is -4.49. The summed E-state index contributed by atoms with van der Waals surface area (Å²) in [7, 11) is 0. The first kappa shape index (κ1) is 32.9. The van der Waals surface area contributed by atoms with Gasteiger partial charge in [0.15, 0.2) is 0 Å². The third-order valence-corrected chi connectivity index (χ3v) is 9.48. The number of nitrogens with zero attached hydrogens (tertiary/aromatic N) is 3. The fraction of sp³-hybridized carbons (Fsp3) is 0.438. The van der Waals surface area contributed by atoms with Crippen LogP contribution in [0.15, 0.2) is 65.8 Å². The van der Waals surface area contributed by atoms with Crippen LogP contribution in [0.4, 0.5) is 37.7 Å². The van der Waals surface area contributed by atoms with Gasteiger partial charge < -0.3 is 20.4 Å². The fourth-order valence-electron chi connectivity index (χ4n) is 5.65. The normalized spacial score (nSPS) is 16.6. The summed E-state index contributed by atoms with van der Waals surface area (Å²) in [5, 5.41) is 6.14. The number of piperazine rings is 1. The van der Waals surface area contributed by atoms with E-state index in [1.165, 1.54) is 18.2 Å². The van der Waals surface area contributed by atoms with Crippen LogP contribution in [0.1, 0.15) is 30.4 Å². The van der Waals surface area contributed by atoms with Crippen molar-refractivity contribution in [2.45, 2.75) is 36.5 Å². The Morgan fingerprint density at radius 1 is 0.933 bits per heavy atom. The number of alkyl halides is 6. The van der Waals surface area contributed by atoms with Crippen molar-refractivity contribution in [3.63, 3.8) is 0 Å². The molecule has 2 aromatic carbocycles. The van der Waals surface area contributed by atoms with Crippen LogP contribution in [0.5, 0.6) is 0 Å². The van der Waals surface area contributed by atoms with E-state index in [0.29, 0.717) is 56.4 Å². The van der Waals surface area contributed by atoms with Gasteiger partial charge in [-0.25, -0.2) is 0 Å². The number of carbonyl (C=O) groups is 1. The smallest absolute Gasteiger partial charge is 0.385 e. The van der Waals surface area contributed by atoms with Crippen LogP contribution in [-0.4, -0.2) is 67.4 Å². The molecule has 242 valence electrons. The topological polar surface area (TPSA) is 60.5 Å². The van der Waals surface area contributed by atoms with Crippen LogP contribution in [0.2, 0.25) is 0 Å². The maximum absolute atomic E-state index is 13.8. The van der Waals surface area contributed by atoms with E-state index in [1.807, 2.05) is 6.07 Å². The van der Waals surface area contributed by atoms with E-state index in [4.69, 9.17) is 0 Å². The van der Waals surface area contributed by atoms with E-state index in [1.54, 1.807) is 40.0 Å². The maximum Gasteiger partial charge on any atom is 0.418 e. The maximum atomic E-state index is 13.8. The minimum absolute atomic E-state index is 0.0409. The largest absolute Gasteiger partial charge is 0.418 e. The van der Waals surface area contributed by atoms with E-state index in [2.05, 4.69) is 15.6 Å². The lowest BCUT2D eigenvalue weighted by atomic mass is 9.99. The first-order valence-corrected chi connectivity index (χ1v) is 15.9. The Hall–Kier alpha value is -3.45. The zero-order valence-electron chi connectivity index (χ0n) is 24.6. The standard InChI is InChI=1S/C32H35F6N5OS/c33-31(34,35)24-3-1-23(2-4-24)26-20-40-11-7-29(26)45-21-22-9-15-43(16-10-22)30(44)8-12-41-25-5-6-28(27(19-25)32(36,37)38)42-17-13-39-14-18-42/h1-7,11,19-20,22,39,41H,8-10,12-18,21H2. The van der Waals surface area contributed by atoms with E-state index in [9.17, 15) is 31.1 Å². The second-order valence-corrected chi connectivity index (χ2v) is 12.3. The van der Waals surface area contributed by atoms with E-state index in [0.717, 1.165) is 47.3 Å². The van der Waals surface area contributed by atoms with Gasteiger partial charge in [-0.15, -0.1) is 11.8 Å². The van der Waals surface area contributed by atoms with Crippen LogP contribution in [0.3, 0.4) is 0 Å². The van der Waals surface area contributed by atoms with Crippen molar-refractivity contribution in [1.29, 1.82) is 0 Å². The van der Waals surface area contributed by atoms with Crippen molar-refractivity contribution >= 4 is 29.0 Å². The molecule has 2 aliphatic heterocycles. The molecule has 0 aliphatic carbocycles. The van der Waals surface area contributed by atoms with E-state index in [-0.39, 0.29) is 24.6 Å². The van der Waals surface area contributed by atoms with Crippen molar-refractivity contribution in [1.82, 2.24) is 15.2 Å². The summed E-state index contributed by atoms with van der Waals surface area (Å²) in [4.78, 5) is 21.5. The highest BCUT2D eigenvalue weighted by atomic mass is 32.2. The number of piperidine rings is 1. The lowest BCUT2D eigenvalue weighted by Gasteiger charge is -2.32. The number of carbonyl (C=O) groups excluding carboxylic acids is 1. The Labute approximate surface area is 262 Å². The summed E-state index contributed by atoms with van der Waals surface area (Å²) in [5.41, 5.74) is 0.564. The van der Waals surface area contributed by atoms with E-state index < -0.39 is 23.5 Å². The number of likely N-dealkylation sites (tertiary alicyclic amines) is 1. The Balaban J connectivity index is 1.08. The number of amides is 1. The van der Waals surface area contributed by atoms with Crippen LogP contribution < -0.4 is 15.5 Å². The van der Waals surface area contributed by atoms with Gasteiger partial charge in [0, 0.05) is 92.2 Å². The Morgan fingerprint density at radius 2 is 1.64 bits per heavy atom. The number of benzene rings is 2. The van der Waals surface area contributed by atoms with Gasteiger partial charge in [-0.05, 0) is 60.7 Å². The second kappa shape index (κ2) is 14.3. The van der Waals surface area contributed by atoms with Gasteiger partial charge in [0.2, 0.25) is 5.91 Å². The highest BCUT2D eigenvalue weighted by Crippen LogP contribution is 2.39. The number of pyridine rings is 1. The molecule has 1 amide bonds. The summed E-state index contributed by atoms with van der Waals surface area (Å²) in [5.74, 6) is 1.12. The number of halogens is 6. The average molecular weight is 652 g/mol. The molecule has 0 saturated carbocycles. The number of rotatable bonds is 9. The molecule has 0 spiro atoms. The molecule has 13 heteroatoms. The molecule has 3 aromatic rings. The quantitative estimate of drug-likeness (QED) is 0.192. The van der Waals surface area contributed by atoms with Crippen LogP contribution >= 0.6 is 11.8 Å². The average Bonchev–Trinajstić information content (AvgIpc) is 3.04. The Bertz CT molecular complexity index is 1440. The summed E-state index contributed by atoms with van der Waals surface area (Å²) in [6, 6.07) is 11.2. The molecule has 5 rings (SSSR count). The summed E-state index contributed by atoms with van der Waals surface area (Å²) >= 11 is 1.63. The van der Waals surface area contributed by atoms with Crippen molar-refractivity contribution in [2.75, 3.05) is 61.8 Å². The molecule has 0 radical (unpaired) electrons. The first-order chi connectivity index (χ1) is 21.5. The van der Waals surface area contributed by atoms with E-state index >= 15 is 0 Å². The predicted octanol–water partition coefficient (Wildman–Crippen LogP) is 7.03. The SMILES string of the molecule is O=C(CCNc1ccc(N2CCNCC2)c(C(F)(F)F)c1)N1CCC(CSc2ccncc2-c2ccc(C(F)(F)F)cc2)CC1. The number of aromatic nitrogens is 1. The zero-order chi connectivity index (χ0) is 32.0. The summed E-state index contributed by atoms with van der Waals surface area (Å²) in [6.45, 7) is 3.71. The van der Waals surface area contributed by atoms with Gasteiger partial charge in [-0.3, -0.25) is 9.78 Å². The highest BCUT2D eigenvalue weighted by Gasteiger charge is 2.35. The third-order valence-electron chi connectivity index (χ3n) is 8.17. The number of anilines is 2. The summed E-state index contributed by atoms with van der Waals surface area (Å²) < 4.78 is 80.4. The molecule has 0 unspecified atom stereocenters. The molecule has 6 nitrogen and oxygen atoms in total. The Kier molecular flexibility index (Phi) is 10.5. The third kappa shape index (κ3) is 8.63. The van der Waals surface area contributed by atoms with Gasteiger partial charge in [-0.1, -0.05) is 12.1 Å². The molecule has 1 aromatic heterocycles. The highest BCUT2D eigenvalue weighted by molar-refractivity contribution is 7.99. The lowest BCUT2D eigenvalue weighted by Crippen LogP contribution is -2.44. The molecule has 2 N–H and O–H groups in total. The minimum Gasteiger partial charge on any atom is -0.385 e. The molecule has 45 heavy (non-hydrogen) atoms. The first-order valence-electron chi connectivity index (χ1n) is 14.9. The van der Waals surface area contributed by atoms with Crippen molar-refractivity contribution in [2.24, 2.45) is 5.92 Å². The lowest BCUT2D eigenvalue weighted by molar-refractivity contribution is -0.138. The van der Waals surface area contributed by atoms with Gasteiger partial charge in [0.1, 0.15) is 0 Å². The van der Waals surface area contributed by atoms with Gasteiger partial charge in [0.05, 0.1) is 11.1 Å². The second-order valence-electron chi connectivity index (χ2n) is 11.2. The zero-order valence-corrected chi connectivity index (χ0v) is 25.4. The van der Waals surface area contributed by atoms with Gasteiger partial charge in [-0.2, -0.15) is 26.3 Å². The van der Waals surface area contributed by atoms with Crippen molar-refractivity contribution in [3.05, 3.63) is 72.1 Å². The van der Waals surface area contributed by atoms with Gasteiger partial charge in [0.25, 0.3) is 0 Å². The summed E-state index contributed by atoms with van der Waals surface area (Å²) in [6.07, 6.45) is -3.76. The molecule has 0 atom stereocenters. The molecule has 3 heterocycles. The van der Waals surface area contributed by atoms with Crippen LogP contribution in [0.25, 0.3) is 11.1 Å². The monoisotopic (exact) mass is 651 g/mol. The number of hydrogen-bond donors (Lipinski definition) is 2. The van der Waals surface area contributed by atoms with Crippen LogP contribution in [-0.2, 0) is 17.1 Å². The molecule has 0 bridgehead atoms. The number of hydrogen-bond acceptors (Lipinski definition) is 6. The predicted molar refractivity (Wildman–Crippen MR) is 164 cm³/mol. The number of nitrogens with one attached hydrogen (secondary N) is 2. The van der Waals surface area contributed by atoms with Crippen molar-refractivity contribution < 1.29 is 31.1 Å². The Morgan fingerprint density at radius 3 is 2.31 bits per heavy atom. The molecule has 2 aliphatic rings. The fourth-order valence-corrected chi connectivity index (χ4v) is 6.88.